The van der Waals surface area contributed by atoms with Crippen LogP contribution in [0.4, 0.5) is 10.5 Å². The Labute approximate surface area is 227 Å². The summed E-state index contributed by atoms with van der Waals surface area (Å²) in [6.07, 6.45) is 11.9. The molecule has 3 amide bonds. The second-order valence-electron chi connectivity index (χ2n) is 11.6. The fourth-order valence-electron chi connectivity index (χ4n) is 6.34. The Morgan fingerprint density at radius 2 is 1.76 bits per heavy atom. The number of hydrogen-bond donors (Lipinski definition) is 1. The molecule has 0 radical (unpaired) electrons. The highest BCUT2D eigenvalue weighted by molar-refractivity contribution is 6.09. The number of rotatable bonds is 7. The molecule has 0 atom stereocenters. The smallest absolute Gasteiger partial charge is 0.345 e. The van der Waals surface area contributed by atoms with E-state index in [0.717, 1.165) is 88.3 Å². The third-order valence-electron chi connectivity index (χ3n) is 8.39. The van der Waals surface area contributed by atoms with Gasteiger partial charge < -0.3 is 19.9 Å². The quantitative estimate of drug-likeness (QED) is 0.580. The fourth-order valence-corrected chi connectivity index (χ4v) is 6.34. The fraction of sp³-hybridized carbons (Fsp3) is 0.724. The number of piperidine rings is 1. The van der Waals surface area contributed by atoms with E-state index in [4.69, 9.17) is 4.74 Å². The minimum atomic E-state index is -0.133. The van der Waals surface area contributed by atoms with Gasteiger partial charge in [-0.25, -0.2) is 9.78 Å². The summed E-state index contributed by atoms with van der Waals surface area (Å²) in [4.78, 5) is 41.5. The lowest BCUT2D eigenvalue weighted by molar-refractivity contribution is -0.126. The second-order valence-corrected chi connectivity index (χ2v) is 11.6. The molecule has 3 aliphatic heterocycles. The Kier molecular flexibility index (Phi) is 8.82. The van der Waals surface area contributed by atoms with Crippen molar-refractivity contribution in [3.05, 3.63) is 17.8 Å². The van der Waals surface area contributed by atoms with E-state index in [1.54, 1.807) is 0 Å². The molecular weight excluding hydrogens is 480 g/mol. The van der Waals surface area contributed by atoms with Crippen molar-refractivity contribution < 1.29 is 14.3 Å². The van der Waals surface area contributed by atoms with Crippen molar-refractivity contribution >= 4 is 23.5 Å². The van der Waals surface area contributed by atoms with Crippen LogP contribution in [-0.2, 0) is 11.2 Å². The molecule has 1 aromatic rings. The number of amidine groups is 1. The van der Waals surface area contributed by atoms with Gasteiger partial charge in [0.05, 0.1) is 5.69 Å². The summed E-state index contributed by atoms with van der Waals surface area (Å²) in [6.45, 7) is 9.42. The number of pyridine rings is 1. The maximum atomic E-state index is 13.0. The third kappa shape index (κ3) is 6.47. The Balaban J connectivity index is 1.30. The molecular formula is C29H44N6O3. The molecule has 0 unspecified atom stereocenters. The molecule has 1 aromatic heterocycles. The van der Waals surface area contributed by atoms with Crippen LogP contribution in [-0.4, -0.2) is 84.0 Å². The van der Waals surface area contributed by atoms with E-state index in [1.807, 2.05) is 31.0 Å². The van der Waals surface area contributed by atoms with Gasteiger partial charge in [-0.05, 0) is 78.3 Å². The van der Waals surface area contributed by atoms with Gasteiger partial charge >= 0.3 is 6.03 Å². The van der Waals surface area contributed by atoms with Crippen LogP contribution >= 0.6 is 0 Å². The topological polar surface area (TPSA) is 90.4 Å². The normalized spacial score (nSPS) is 25.2. The number of likely N-dealkylation sites (tertiary alicyclic amines) is 2. The van der Waals surface area contributed by atoms with Crippen LogP contribution in [0.15, 0.2) is 17.3 Å². The number of hydrogen-bond acceptors (Lipinski definition) is 5. The monoisotopic (exact) mass is 524 g/mol. The summed E-state index contributed by atoms with van der Waals surface area (Å²) in [6, 6.07) is 2.26. The number of urea groups is 1. The van der Waals surface area contributed by atoms with Crippen molar-refractivity contribution in [1.29, 1.82) is 0 Å². The highest BCUT2D eigenvalue weighted by atomic mass is 16.5. The van der Waals surface area contributed by atoms with Gasteiger partial charge in [0.1, 0.15) is 12.4 Å². The molecule has 4 heterocycles. The van der Waals surface area contributed by atoms with Gasteiger partial charge in [0, 0.05) is 61.9 Å². The first-order valence-corrected chi connectivity index (χ1v) is 14.8. The van der Waals surface area contributed by atoms with Gasteiger partial charge in [-0.15, -0.1) is 0 Å². The summed E-state index contributed by atoms with van der Waals surface area (Å²) in [7, 11) is 0. The first-order valence-electron chi connectivity index (χ1n) is 14.8. The molecule has 0 spiro atoms. The van der Waals surface area contributed by atoms with Gasteiger partial charge in [-0.3, -0.25) is 9.69 Å². The number of aliphatic imine (C=N–C) groups is 1. The highest BCUT2D eigenvalue weighted by Gasteiger charge is 2.37. The van der Waals surface area contributed by atoms with Gasteiger partial charge in [0.15, 0.2) is 0 Å². The number of fused-ring (bicyclic) bond motifs is 1. The molecule has 2 saturated heterocycles. The number of anilines is 1. The molecule has 208 valence electrons. The van der Waals surface area contributed by atoms with Gasteiger partial charge in [-0.1, -0.05) is 6.42 Å². The molecule has 3 fully saturated rings. The predicted molar refractivity (Wildman–Crippen MR) is 149 cm³/mol. The van der Waals surface area contributed by atoms with Crippen LogP contribution in [0.5, 0.6) is 5.88 Å². The van der Waals surface area contributed by atoms with Crippen molar-refractivity contribution in [2.45, 2.75) is 90.1 Å². The molecule has 9 nitrogen and oxygen atoms in total. The van der Waals surface area contributed by atoms with E-state index in [-0.39, 0.29) is 29.9 Å². The zero-order chi connectivity index (χ0) is 26.5. The lowest BCUT2D eigenvalue weighted by Gasteiger charge is -2.36. The summed E-state index contributed by atoms with van der Waals surface area (Å²) in [5, 5.41) is 3.07. The second kappa shape index (κ2) is 12.5. The van der Waals surface area contributed by atoms with Crippen molar-refractivity contribution in [2.75, 3.05) is 44.2 Å². The molecule has 1 N–H and O–H groups in total. The zero-order valence-corrected chi connectivity index (χ0v) is 23.2. The minimum Gasteiger partial charge on any atom is -0.476 e. The lowest BCUT2D eigenvalue weighted by atomic mass is 9.84. The maximum Gasteiger partial charge on any atom is 0.345 e. The zero-order valence-electron chi connectivity index (χ0n) is 23.2. The van der Waals surface area contributed by atoms with Crippen molar-refractivity contribution in [3.8, 4) is 5.88 Å². The number of nitrogens with zero attached hydrogens (tertiary/aromatic N) is 5. The van der Waals surface area contributed by atoms with Crippen molar-refractivity contribution in [1.82, 2.24) is 20.1 Å². The lowest BCUT2D eigenvalue weighted by Crippen LogP contribution is -2.44. The van der Waals surface area contributed by atoms with Crippen LogP contribution in [0.3, 0.4) is 0 Å². The number of ether oxygens (including phenoxy) is 1. The largest absolute Gasteiger partial charge is 0.476 e. The summed E-state index contributed by atoms with van der Waals surface area (Å²) < 4.78 is 6.11. The number of carbonyl (C=O) groups excluding carboxylic acids is 2. The first-order chi connectivity index (χ1) is 18.5. The van der Waals surface area contributed by atoms with Crippen molar-refractivity contribution in [2.24, 2.45) is 10.9 Å². The van der Waals surface area contributed by atoms with E-state index in [2.05, 4.69) is 25.1 Å². The number of amides is 3. The Hall–Kier alpha value is -2.68. The summed E-state index contributed by atoms with van der Waals surface area (Å²) >= 11 is 0. The molecule has 0 bridgehead atoms. The molecule has 1 saturated carbocycles. The van der Waals surface area contributed by atoms with E-state index in [9.17, 15) is 9.59 Å². The maximum absolute atomic E-state index is 13.0. The standard InChI is InChI=1S/C29H44N6O3/c1-21(2)31-28(36)22-8-10-24(11-9-22)35-25-19-27(38-17-16-33-12-4-3-5-13-33)30-20-23(25)18-26(35)32-29(37)34-14-6-7-15-34/h19-22,24H,3-18H2,1-2H3,(H,31,36). The van der Waals surface area contributed by atoms with Gasteiger partial charge in [-0.2, -0.15) is 4.99 Å². The highest BCUT2D eigenvalue weighted by Crippen LogP contribution is 2.38. The van der Waals surface area contributed by atoms with Crippen LogP contribution < -0.4 is 15.0 Å². The molecule has 9 heteroatoms. The number of carbonyl (C=O) groups is 2. The molecule has 4 aliphatic rings. The van der Waals surface area contributed by atoms with Gasteiger partial charge in [0.25, 0.3) is 0 Å². The van der Waals surface area contributed by atoms with E-state index < -0.39 is 0 Å². The number of aromatic nitrogens is 1. The molecule has 38 heavy (non-hydrogen) atoms. The Morgan fingerprint density at radius 3 is 2.47 bits per heavy atom. The van der Waals surface area contributed by atoms with Crippen LogP contribution in [0.1, 0.15) is 77.2 Å². The minimum absolute atomic E-state index is 0.0495. The number of nitrogens with one attached hydrogen (secondary N) is 1. The molecule has 5 rings (SSSR count). The van der Waals surface area contributed by atoms with Crippen LogP contribution in [0.25, 0.3) is 0 Å². The van der Waals surface area contributed by atoms with E-state index in [1.165, 1.54) is 19.3 Å². The molecule has 0 aromatic carbocycles. The van der Waals surface area contributed by atoms with Crippen LogP contribution in [0, 0.1) is 5.92 Å². The predicted octanol–water partition coefficient (Wildman–Crippen LogP) is 4.01. The Morgan fingerprint density at radius 1 is 1.05 bits per heavy atom. The average Bonchev–Trinajstić information content (AvgIpc) is 3.57. The SMILES string of the molecule is CC(C)NC(=O)C1CCC(N2C(=NC(=O)N3CCCC3)Cc3cnc(OCCN4CCCCC4)cc32)CC1. The van der Waals surface area contributed by atoms with E-state index >= 15 is 0 Å². The summed E-state index contributed by atoms with van der Waals surface area (Å²) in [5.41, 5.74) is 2.14. The Bertz CT molecular complexity index is 1010. The summed E-state index contributed by atoms with van der Waals surface area (Å²) in [5.74, 6) is 1.64. The van der Waals surface area contributed by atoms with E-state index in [0.29, 0.717) is 18.9 Å². The first kappa shape index (κ1) is 26.9. The van der Waals surface area contributed by atoms with Gasteiger partial charge in [0.2, 0.25) is 11.8 Å². The van der Waals surface area contributed by atoms with Crippen molar-refractivity contribution in [3.63, 3.8) is 0 Å². The molecule has 1 aliphatic carbocycles. The third-order valence-corrected chi connectivity index (χ3v) is 8.39. The van der Waals surface area contributed by atoms with Crippen LogP contribution in [0.2, 0.25) is 0 Å². The average molecular weight is 525 g/mol.